The third-order valence-electron chi connectivity index (χ3n) is 5.00. The molecule has 8 heteroatoms. The average Bonchev–Trinajstić information content (AvgIpc) is 2.62. The number of benzene rings is 1. The van der Waals surface area contributed by atoms with E-state index in [1.54, 1.807) is 0 Å². The number of carbonyl (C=O) groups excluding carboxylic acids is 2. The molecule has 3 atom stereocenters. The summed E-state index contributed by atoms with van der Waals surface area (Å²) < 4.78 is 10.0. The highest BCUT2D eigenvalue weighted by molar-refractivity contribution is 5.94. The molecule has 8 nitrogen and oxygen atoms in total. The first-order valence-corrected chi connectivity index (χ1v) is 8.62. The summed E-state index contributed by atoms with van der Waals surface area (Å²) in [5.41, 5.74) is -0.346. The van der Waals surface area contributed by atoms with Gasteiger partial charge in [-0.2, -0.15) is 0 Å². The SMILES string of the molecule is COc1ccc([N+](=O)[O-])cc1C(=O)OCC(=O)N[C@@H]1CCC[C@@H](C)[C@H]1C. The molecular weight excluding hydrogens is 340 g/mol. The molecule has 1 aliphatic rings. The van der Waals surface area contributed by atoms with Gasteiger partial charge in [-0.3, -0.25) is 14.9 Å². The molecule has 1 amide bonds. The molecule has 0 aromatic heterocycles. The molecule has 0 spiro atoms. The van der Waals surface area contributed by atoms with Gasteiger partial charge in [0.2, 0.25) is 0 Å². The molecule has 1 aromatic carbocycles. The average molecular weight is 364 g/mol. The summed E-state index contributed by atoms with van der Waals surface area (Å²) in [6.07, 6.45) is 3.11. The predicted octanol–water partition coefficient (Wildman–Crippen LogP) is 2.70. The van der Waals surface area contributed by atoms with E-state index in [-0.39, 0.29) is 28.9 Å². The van der Waals surface area contributed by atoms with Crippen LogP contribution in [0.15, 0.2) is 18.2 Å². The molecule has 1 fully saturated rings. The van der Waals surface area contributed by atoms with E-state index in [0.29, 0.717) is 11.8 Å². The zero-order valence-corrected chi connectivity index (χ0v) is 15.2. The number of carbonyl (C=O) groups is 2. The van der Waals surface area contributed by atoms with Crippen LogP contribution in [0.3, 0.4) is 0 Å². The van der Waals surface area contributed by atoms with E-state index in [1.165, 1.54) is 19.2 Å². The molecule has 0 heterocycles. The number of rotatable bonds is 6. The highest BCUT2D eigenvalue weighted by atomic mass is 16.6. The summed E-state index contributed by atoms with van der Waals surface area (Å²) in [7, 11) is 1.34. The van der Waals surface area contributed by atoms with Gasteiger partial charge in [0, 0.05) is 18.2 Å². The third-order valence-corrected chi connectivity index (χ3v) is 5.00. The number of non-ortho nitro benzene ring substituents is 1. The third kappa shape index (κ3) is 4.71. The number of amides is 1. The van der Waals surface area contributed by atoms with E-state index in [2.05, 4.69) is 19.2 Å². The summed E-state index contributed by atoms with van der Waals surface area (Å²) in [5, 5.41) is 13.8. The number of nitro benzene ring substituents is 1. The monoisotopic (exact) mass is 364 g/mol. The summed E-state index contributed by atoms with van der Waals surface area (Å²) in [4.78, 5) is 34.6. The van der Waals surface area contributed by atoms with Crippen molar-refractivity contribution in [3.05, 3.63) is 33.9 Å². The zero-order chi connectivity index (χ0) is 19.3. The molecule has 1 aromatic rings. The number of ether oxygens (including phenoxy) is 2. The van der Waals surface area contributed by atoms with E-state index in [4.69, 9.17) is 9.47 Å². The molecular formula is C18H24N2O6. The van der Waals surface area contributed by atoms with Crippen LogP contribution in [0.5, 0.6) is 5.75 Å². The van der Waals surface area contributed by atoms with E-state index >= 15 is 0 Å². The Morgan fingerprint density at radius 3 is 2.69 bits per heavy atom. The zero-order valence-electron chi connectivity index (χ0n) is 15.2. The van der Waals surface area contributed by atoms with Gasteiger partial charge in [-0.1, -0.05) is 26.7 Å². The van der Waals surface area contributed by atoms with Crippen molar-refractivity contribution in [2.75, 3.05) is 13.7 Å². The first kappa shape index (κ1) is 19.7. The van der Waals surface area contributed by atoms with Gasteiger partial charge in [-0.15, -0.1) is 0 Å². The summed E-state index contributed by atoms with van der Waals surface area (Å²) in [5.74, 6) is -0.179. The van der Waals surface area contributed by atoms with Crippen molar-refractivity contribution in [2.45, 2.75) is 39.2 Å². The van der Waals surface area contributed by atoms with Gasteiger partial charge in [0.1, 0.15) is 11.3 Å². The number of nitrogens with zero attached hydrogens (tertiary/aromatic N) is 1. The smallest absolute Gasteiger partial charge is 0.342 e. The van der Waals surface area contributed by atoms with E-state index < -0.39 is 17.5 Å². The fourth-order valence-electron chi connectivity index (χ4n) is 3.21. The number of methoxy groups -OCH3 is 1. The second-order valence-electron chi connectivity index (χ2n) is 6.66. The number of nitrogens with one attached hydrogen (secondary N) is 1. The van der Waals surface area contributed by atoms with Crippen LogP contribution in [0.2, 0.25) is 0 Å². The predicted molar refractivity (Wildman–Crippen MR) is 94.0 cm³/mol. The van der Waals surface area contributed by atoms with Crippen LogP contribution >= 0.6 is 0 Å². The Morgan fingerprint density at radius 2 is 2.04 bits per heavy atom. The maximum atomic E-state index is 12.2. The normalized spacial score (nSPS) is 22.3. The molecule has 1 saturated carbocycles. The Bertz CT molecular complexity index is 690. The lowest BCUT2D eigenvalue weighted by Crippen LogP contribution is -2.45. The minimum absolute atomic E-state index is 0.0669. The van der Waals surface area contributed by atoms with Crippen molar-refractivity contribution in [1.29, 1.82) is 0 Å². The lowest BCUT2D eigenvalue weighted by atomic mass is 9.78. The molecule has 0 bridgehead atoms. The highest BCUT2D eigenvalue weighted by Gasteiger charge is 2.28. The minimum Gasteiger partial charge on any atom is -0.496 e. The molecule has 26 heavy (non-hydrogen) atoms. The van der Waals surface area contributed by atoms with Gasteiger partial charge in [0.05, 0.1) is 12.0 Å². The summed E-state index contributed by atoms with van der Waals surface area (Å²) in [6, 6.07) is 3.69. The van der Waals surface area contributed by atoms with Gasteiger partial charge in [0.15, 0.2) is 6.61 Å². The standard InChI is InChI=1S/C18H24N2O6/c1-11-5-4-6-15(12(11)2)19-17(21)10-26-18(22)14-9-13(20(23)24)7-8-16(14)25-3/h7-9,11-12,15H,4-6,10H2,1-3H3,(H,19,21)/t11-,12-,15-/m1/s1. The van der Waals surface area contributed by atoms with Gasteiger partial charge in [0.25, 0.3) is 11.6 Å². The lowest BCUT2D eigenvalue weighted by molar-refractivity contribution is -0.384. The molecule has 0 unspecified atom stereocenters. The largest absolute Gasteiger partial charge is 0.496 e. The van der Waals surface area contributed by atoms with Crippen molar-refractivity contribution in [1.82, 2.24) is 5.32 Å². The number of hydrogen-bond donors (Lipinski definition) is 1. The highest BCUT2D eigenvalue weighted by Crippen LogP contribution is 2.29. The second-order valence-corrected chi connectivity index (χ2v) is 6.66. The van der Waals surface area contributed by atoms with Crippen molar-refractivity contribution < 1.29 is 24.0 Å². The van der Waals surface area contributed by atoms with Crippen LogP contribution in [0, 0.1) is 22.0 Å². The van der Waals surface area contributed by atoms with Crippen LogP contribution in [-0.4, -0.2) is 36.6 Å². The Kier molecular flexibility index (Phi) is 6.54. The topological polar surface area (TPSA) is 108 Å². The van der Waals surface area contributed by atoms with Crippen molar-refractivity contribution >= 4 is 17.6 Å². The quantitative estimate of drug-likeness (QED) is 0.472. The lowest BCUT2D eigenvalue weighted by Gasteiger charge is -2.34. The minimum atomic E-state index is -0.842. The van der Waals surface area contributed by atoms with Gasteiger partial charge in [-0.05, 0) is 24.3 Å². The Balaban J connectivity index is 1.96. The van der Waals surface area contributed by atoms with Crippen LogP contribution in [0.25, 0.3) is 0 Å². The van der Waals surface area contributed by atoms with E-state index in [1.807, 2.05) is 0 Å². The molecule has 1 aliphatic carbocycles. The molecule has 142 valence electrons. The maximum absolute atomic E-state index is 12.2. The molecule has 0 radical (unpaired) electrons. The number of nitro groups is 1. The van der Waals surface area contributed by atoms with Crippen molar-refractivity contribution in [2.24, 2.45) is 11.8 Å². The van der Waals surface area contributed by atoms with Crippen LogP contribution in [0.1, 0.15) is 43.5 Å². The molecule has 0 saturated heterocycles. The number of esters is 1. The Hall–Kier alpha value is -2.64. The van der Waals surface area contributed by atoms with Crippen LogP contribution in [0.4, 0.5) is 5.69 Å². The van der Waals surface area contributed by atoms with Gasteiger partial charge >= 0.3 is 5.97 Å². The second kappa shape index (κ2) is 8.64. The first-order valence-electron chi connectivity index (χ1n) is 8.62. The van der Waals surface area contributed by atoms with Crippen molar-refractivity contribution in [3.8, 4) is 5.75 Å². The molecule has 0 aliphatic heterocycles. The van der Waals surface area contributed by atoms with E-state index in [9.17, 15) is 19.7 Å². The molecule has 1 N–H and O–H groups in total. The Labute approximate surface area is 152 Å². The maximum Gasteiger partial charge on any atom is 0.342 e. The van der Waals surface area contributed by atoms with Gasteiger partial charge < -0.3 is 14.8 Å². The van der Waals surface area contributed by atoms with Crippen LogP contribution in [-0.2, 0) is 9.53 Å². The molecule has 2 rings (SSSR count). The van der Waals surface area contributed by atoms with Gasteiger partial charge in [-0.25, -0.2) is 4.79 Å². The number of hydrogen-bond acceptors (Lipinski definition) is 6. The Morgan fingerprint density at radius 1 is 1.31 bits per heavy atom. The van der Waals surface area contributed by atoms with E-state index in [0.717, 1.165) is 25.3 Å². The fraction of sp³-hybridized carbons (Fsp3) is 0.556. The first-order chi connectivity index (χ1) is 12.3. The van der Waals surface area contributed by atoms with Crippen LogP contribution < -0.4 is 10.1 Å². The fourth-order valence-corrected chi connectivity index (χ4v) is 3.21. The summed E-state index contributed by atoms with van der Waals surface area (Å²) >= 11 is 0. The summed E-state index contributed by atoms with van der Waals surface area (Å²) in [6.45, 7) is 3.83. The van der Waals surface area contributed by atoms with Crippen molar-refractivity contribution in [3.63, 3.8) is 0 Å².